The summed E-state index contributed by atoms with van der Waals surface area (Å²) in [6.45, 7) is 0. The molecule has 0 spiro atoms. The Bertz CT molecular complexity index is 725. The molecular weight excluding hydrogens is 327 g/mol. The van der Waals surface area contributed by atoms with Gasteiger partial charge in [0.25, 0.3) is 5.56 Å². The topological polar surface area (TPSA) is 62.0 Å². The molecule has 1 amide bonds. The van der Waals surface area contributed by atoms with E-state index in [4.69, 9.17) is 0 Å². The summed E-state index contributed by atoms with van der Waals surface area (Å²) in [6, 6.07) is 7.56. The Labute approximate surface area is 122 Å². The Morgan fingerprint density at radius 2 is 2.10 bits per heavy atom. The average Bonchev–Trinajstić information content (AvgIpc) is 2.42. The van der Waals surface area contributed by atoms with E-state index in [0.29, 0.717) is 10.0 Å². The average molecular weight is 337 g/mol. The maximum absolute atomic E-state index is 13.3. The number of aromatic nitrogens is 1. The number of carbonyl (C=O) groups is 1. The lowest BCUT2D eigenvalue weighted by molar-refractivity contribution is -0.111. The van der Waals surface area contributed by atoms with Crippen molar-refractivity contribution in [1.82, 2.24) is 4.98 Å². The molecule has 0 fully saturated rings. The highest BCUT2D eigenvalue weighted by atomic mass is 79.9. The molecule has 6 heteroatoms. The quantitative estimate of drug-likeness (QED) is 0.846. The summed E-state index contributed by atoms with van der Waals surface area (Å²) >= 11 is 3.18. The van der Waals surface area contributed by atoms with Crippen molar-refractivity contribution in [1.29, 1.82) is 0 Å². The number of halogens is 2. The molecule has 0 aliphatic rings. The largest absolute Gasteiger partial charge is 0.326 e. The van der Waals surface area contributed by atoms with Crippen molar-refractivity contribution in [2.45, 2.75) is 0 Å². The minimum absolute atomic E-state index is 0.113. The van der Waals surface area contributed by atoms with Crippen LogP contribution in [-0.4, -0.2) is 10.9 Å². The third-order valence-corrected chi connectivity index (χ3v) is 2.90. The number of H-pyrrole nitrogens is 1. The highest BCUT2D eigenvalue weighted by Gasteiger charge is 2.04. The number of benzene rings is 1. The van der Waals surface area contributed by atoms with E-state index in [-0.39, 0.29) is 5.69 Å². The summed E-state index contributed by atoms with van der Waals surface area (Å²) in [7, 11) is 0. The first-order valence-corrected chi connectivity index (χ1v) is 6.47. The molecule has 4 nitrogen and oxygen atoms in total. The molecule has 0 atom stereocenters. The molecule has 1 heterocycles. The summed E-state index contributed by atoms with van der Waals surface area (Å²) in [6.07, 6.45) is 3.97. The van der Waals surface area contributed by atoms with Crippen LogP contribution in [0.5, 0.6) is 0 Å². The zero-order valence-electron chi connectivity index (χ0n) is 10.2. The molecule has 0 aliphatic carbocycles. The second-order valence-corrected chi connectivity index (χ2v) is 4.82. The normalized spacial score (nSPS) is 10.7. The molecule has 0 radical (unpaired) electrons. The number of hydrogen-bond acceptors (Lipinski definition) is 2. The molecule has 0 bridgehead atoms. The van der Waals surface area contributed by atoms with Crippen LogP contribution in [0.15, 0.2) is 51.9 Å². The van der Waals surface area contributed by atoms with Crippen LogP contribution in [0.25, 0.3) is 6.08 Å². The number of anilines is 1. The van der Waals surface area contributed by atoms with E-state index in [9.17, 15) is 14.0 Å². The second kappa shape index (κ2) is 6.29. The van der Waals surface area contributed by atoms with Gasteiger partial charge in [0.2, 0.25) is 5.91 Å². The summed E-state index contributed by atoms with van der Waals surface area (Å²) in [5.41, 5.74) is -0.00537. The van der Waals surface area contributed by atoms with Gasteiger partial charge in [-0.25, -0.2) is 4.39 Å². The molecular formula is C14H10BrFN2O2. The fourth-order valence-corrected chi connectivity index (χ4v) is 1.84. The highest BCUT2D eigenvalue weighted by Crippen LogP contribution is 2.11. The van der Waals surface area contributed by atoms with E-state index >= 15 is 0 Å². The predicted octanol–water partition coefficient (Wildman–Crippen LogP) is 2.93. The molecule has 2 aromatic rings. The first kappa shape index (κ1) is 14.2. The van der Waals surface area contributed by atoms with Crippen molar-refractivity contribution in [3.8, 4) is 0 Å². The molecule has 0 saturated heterocycles. The van der Waals surface area contributed by atoms with Gasteiger partial charge in [0.1, 0.15) is 11.5 Å². The van der Waals surface area contributed by atoms with Gasteiger partial charge in [-0.1, -0.05) is 18.2 Å². The van der Waals surface area contributed by atoms with Crippen molar-refractivity contribution < 1.29 is 9.18 Å². The maximum atomic E-state index is 13.3. The predicted molar refractivity (Wildman–Crippen MR) is 78.8 cm³/mol. The van der Waals surface area contributed by atoms with Crippen LogP contribution in [0.3, 0.4) is 0 Å². The van der Waals surface area contributed by atoms with E-state index in [1.165, 1.54) is 30.5 Å². The lowest BCUT2D eigenvalue weighted by Crippen LogP contribution is -2.17. The van der Waals surface area contributed by atoms with E-state index < -0.39 is 17.3 Å². The molecule has 102 valence electrons. The fraction of sp³-hybridized carbons (Fsp3) is 0. The first-order valence-electron chi connectivity index (χ1n) is 5.68. The van der Waals surface area contributed by atoms with Gasteiger partial charge >= 0.3 is 0 Å². The van der Waals surface area contributed by atoms with Crippen LogP contribution in [0, 0.1) is 5.82 Å². The van der Waals surface area contributed by atoms with Crippen LogP contribution in [-0.2, 0) is 4.79 Å². The SMILES string of the molecule is O=C(/C=C\c1ccccc1F)Nc1cc(Br)c[nH]c1=O. The van der Waals surface area contributed by atoms with Crippen LogP contribution in [0.4, 0.5) is 10.1 Å². The van der Waals surface area contributed by atoms with Gasteiger partial charge in [0, 0.05) is 22.3 Å². The molecule has 1 aromatic heterocycles. The van der Waals surface area contributed by atoms with Gasteiger partial charge in [0.15, 0.2) is 0 Å². The Morgan fingerprint density at radius 3 is 2.85 bits per heavy atom. The van der Waals surface area contributed by atoms with Gasteiger partial charge in [-0.2, -0.15) is 0 Å². The zero-order chi connectivity index (χ0) is 14.5. The molecule has 0 unspecified atom stereocenters. The van der Waals surface area contributed by atoms with Crippen LogP contribution in [0.1, 0.15) is 5.56 Å². The third-order valence-electron chi connectivity index (χ3n) is 2.45. The highest BCUT2D eigenvalue weighted by molar-refractivity contribution is 9.10. The number of aromatic amines is 1. The van der Waals surface area contributed by atoms with Gasteiger partial charge in [-0.15, -0.1) is 0 Å². The number of nitrogens with one attached hydrogen (secondary N) is 2. The Morgan fingerprint density at radius 1 is 1.35 bits per heavy atom. The van der Waals surface area contributed by atoms with Crippen LogP contribution < -0.4 is 10.9 Å². The number of hydrogen-bond donors (Lipinski definition) is 2. The van der Waals surface area contributed by atoms with Crippen molar-refractivity contribution in [2.75, 3.05) is 5.32 Å². The minimum Gasteiger partial charge on any atom is -0.326 e. The standard InChI is InChI=1S/C14H10BrFN2O2/c15-10-7-12(14(20)17-8-10)18-13(19)6-5-9-3-1-2-4-11(9)16/h1-8H,(H,17,20)(H,18,19)/b6-5-. The van der Waals surface area contributed by atoms with Gasteiger partial charge in [-0.3, -0.25) is 9.59 Å². The number of amides is 1. The molecule has 0 aliphatic heterocycles. The molecule has 2 rings (SSSR count). The van der Waals surface area contributed by atoms with Gasteiger partial charge in [-0.05, 0) is 34.1 Å². The first-order chi connectivity index (χ1) is 9.56. The lowest BCUT2D eigenvalue weighted by atomic mass is 10.2. The monoisotopic (exact) mass is 336 g/mol. The Kier molecular flexibility index (Phi) is 4.47. The van der Waals surface area contributed by atoms with Crippen LogP contribution in [0.2, 0.25) is 0 Å². The molecule has 20 heavy (non-hydrogen) atoms. The Balaban J connectivity index is 2.12. The molecule has 1 aromatic carbocycles. The third kappa shape index (κ3) is 3.64. The van der Waals surface area contributed by atoms with E-state index in [2.05, 4.69) is 26.2 Å². The zero-order valence-corrected chi connectivity index (χ0v) is 11.8. The van der Waals surface area contributed by atoms with Gasteiger partial charge < -0.3 is 10.3 Å². The van der Waals surface area contributed by atoms with Crippen molar-refractivity contribution in [2.24, 2.45) is 0 Å². The maximum Gasteiger partial charge on any atom is 0.271 e. The summed E-state index contributed by atoms with van der Waals surface area (Å²) in [5.74, 6) is -0.936. The molecule has 2 N–H and O–H groups in total. The van der Waals surface area contributed by atoms with E-state index in [1.807, 2.05) is 0 Å². The minimum atomic E-state index is -0.517. The number of pyridine rings is 1. The number of carbonyl (C=O) groups excluding carboxylic acids is 1. The van der Waals surface area contributed by atoms with Crippen molar-refractivity contribution in [3.05, 3.63) is 68.8 Å². The summed E-state index contributed by atoms with van der Waals surface area (Å²) in [4.78, 5) is 25.6. The van der Waals surface area contributed by atoms with E-state index in [1.54, 1.807) is 18.2 Å². The lowest BCUT2D eigenvalue weighted by Gasteiger charge is -2.01. The van der Waals surface area contributed by atoms with Crippen molar-refractivity contribution >= 4 is 33.6 Å². The van der Waals surface area contributed by atoms with Crippen molar-refractivity contribution in [3.63, 3.8) is 0 Å². The van der Waals surface area contributed by atoms with Gasteiger partial charge in [0.05, 0.1) is 0 Å². The van der Waals surface area contributed by atoms with E-state index in [0.717, 1.165) is 0 Å². The second-order valence-electron chi connectivity index (χ2n) is 3.90. The van der Waals surface area contributed by atoms with Crippen LogP contribution >= 0.6 is 15.9 Å². The fourth-order valence-electron chi connectivity index (χ4n) is 1.50. The Hall–Kier alpha value is -2.21. The summed E-state index contributed by atoms with van der Waals surface area (Å²) < 4.78 is 14.0. The molecule has 0 saturated carbocycles. The smallest absolute Gasteiger partial charge is 0.271 e. The summed E-state index contributed by atoms with van der Waals surface area (Å²) in [5, 5.41) is 2.42. The number of rotatable bonds is 3.